The number of amides is 2. The van der Waals surface area contributed by atoms with Gasteiger partial charge in [-0.2, -0.15) is 0 Å². The summed E-state index contributed by atoms with van der Waals surface area (Å²) in [5.74, 6) is -0.120. The van der Waals surface area contributed by atoms with Crippen molar-refractivity contribution in [1.29, 1.82) is 0 Å². The number of carbonyl (C=O) groups excluding carboxylic acids is 2. The van der Waals surface area contributed by atoms with Gasteiger partial charge in [-0.3, -0.25) is 4.90 Å². The van der Waals surface area contributed by atoms with Crippen molar-refractivity contribution in [3.05, 3.63) is 71.2 Å². The van der Waals surface area contributed by atoms with Gasteiger partial charge in [0.15, 0.2) is 0 Å². The fourth-order valence-electron chi connectivity index (χ4n) is 4.19. The number of urea groups is 1. The number of ether oxygens (including phenoxy) is 2. The molecule has 2 aromatic carbocycles. The highest BCUT2D eigenvalue weighted by atomic mass is 19.1. The first-order valence-electron chi connectivity index (χ1n) is 10.7. The van der Waals surface area contributed by atoms with Gasteiger partial charge in [-0.15, -0.1) is 0 Å². The SMILES string of the molecule is COC(=O)C1=C(CN2CCN(c3cccc(OC)c3)CC2)NC(=O)N[C@@H]1c1ccc(F)cc1. The Morgan fingerprint density at radius 1 is 1.09 bits per heavy atom. The minimum atomic E-state index is -0.722. The molecule has 1 fully saturated rings. The van der Waals surface area contributed by atoms with Crippen molar-refractivity contribution in [3.63, 3.8) is 0 Å². The molecule has 1 saturated heterocycles. The highest BCUT2D eigenvalue weighted by Crippen LogP contribution is 2.29. The minimum absolute atomic E-state index is 0.318. The van der Waals surface area contributed by atoms with Gasteiger partial charge in [0.1, 0.15) is 11.6 Å². The molecule has 0 radical (unpaired) electrons. The zero-order valence-corrected chi connectivity index (χ0v) is 18.6. The van der Waals surface area contributed by atoms with Crippen LogP contribution in [-0.2, 0) is 9.53 Å². The number of halogens is 1. The van der Waals surface area contributed by atoms with Crippen molar-refractivity contribution in [2.24, 2.45) is 0 Å². The third-order valence-corrected chi connectivity index (χ3v) is 5.93. The first-order chi connectivity index (χ1) is 16.0. The largest absolute Gasteiger partial charge is 0.497 e. The van der Waals surface area contributed by atoms with Gasteiger partial charge in [-0.1, -0.05) is 18.2 Å². The highest BCUT2D eigenvalue weighted by molar-refractivity contribution is 5.95. The summed E-state index contributed by atoms with van der Waals surface area (Å²) >= 11 is 0. The van der Waals surface area contributed by atoms with Crippen LogP contribution < -0.4 is 20.3 Å². The first kappa shape index (κ1) is 22.6. The van der Waals surface area contributed by atoms with Gasteiger partial charge >= 0.3 is 12.0 Å². The van der Waals surface area contributed by atoms with Gasteiger partial charge in [0, 0.05) is 50.2 Å². The number of esters is 1. The molecule has 2 aliphatic rings. The van der Waals surface area contributed by atoms with E-state index in [1.54, 1.807) is 19.2 Å². The van der Waals surface area contributed by atoms with E-state index in [-0.39, 0.29) is 0 Å². The predicted octanol–water partition coefficient (Wildman–Crippen LogP) is 2.44. The lowest BCUT2D eigenvalue weighted by atomic mass is 9.95. The number of nitrogens with zero attached hydrogens (tertiary/aromatic N) is 2. The molecule has 2 heterocycles. The number of methoxy groups -OCH3 is 2. The summed E-state index contributed by atoms with van der Waals surface area (Å²) in [6, 6.07) is 12.5. The van der Waals surface area contributed by atoms with E-state index in [4.69, 9.17) is 9.47 Å². The molecule has 2 aliphatic heterocycles. The molecule has 4 rings (SSSR count). The zero-order chi connectivity index (χ0) is 23.4. The Morgan fingerprint density at radius 3 is 2.48 bits per heavy atom. The molecule has 9 heteroatoms. The maximum atomic E-state index is 13.4. The number of hydrogen-bond acceptors (Lipinski definition) is 6. The molecule has 0 unspecified atom stereocenters. The van der Waals surface area contributed by atoms with Gasteiger partial charge in [0.2, 0.25) is 0 Å². The van der Waals surface area contributed by atoms with Crippen LogP contribution in [0.5, 0.6) is 5.75 Å². The molecule has 2 N–H and O–H groups in total. The summed E-state index contributed by atoms with van der Waals surface area (Å²) in [5, 5.41) is 5.54. The molecule has 2 aromatic rings. The van der Waals surface area contributed by atoms with Gasteiger partial charge in [-0.25, -0.2) is 14.0 Å². The van der Waals surface area contributed by atoms with Crippen molar-refractivity contribution in [2.45, 2.75) is 6.04 Å². The zero-order valence-electron chi connectivity index (χ0n) is 18.6. The van der Waals surface area contributed by atoms with Crippen LogP contribution in [0, 0.1) is 5.82 Å². The van der Waals surface area contributed by atoms with E-state index in [9.17, 15) is 14.0 Å². The fraction of sp³-hybridized carbons (Fsp3) is 0.333. The monoisotopic (exact) mass is 454 g/mol. The fourth-order valence-corrected chi connectivity index (χ4v) is 4.19. The van der Waals surface area contributed by atoms with Crippen LogP contribution in [0.1, 0.15) is 11.6 Å². The van der Waals surface area contributed by atoms with Gasteiger partial charge < -0.3 is 25.0 Å². The molecule has 0 saturated carbocycles. The Bertz CT molecular complexity index is 1050. The number of piperazine rings is 1. The quantitative estimate of drug-likeness (QED) is 0.653. The van der Waals surface area contributed by atoms with E-state index in [0.717, 1.165) is 37.6 Å². The number of carbonyl (C=O) groups is 2. The molecule has 174 valence electrons. The Balaban J connectivity index is 1.52. The van der Waals surface area contributed by atoms with E-state index < -0.39 is 23.9 Å². The van der Waals surface area contributed by atoms with Crippen molar-refractivity contribution in [1.82, 2.24) is 15.5 Å². The van der Waals surface area contributed by atoms with Crippen molar-refractivity contribution < 1.29 is 23.5 Å². The number of benzene rings is 2. The van der Waals surface area contributed by atoms with Crippen LogP contribution in [-0.4, -0.2) is 63.8 Å². The third-order valence-electron chi connectivity index (χ3n) is 5.93. The van der Waals surface area contributed by atoms with E-state index in [1.807, 2.05) is 18.2 Å². The lowest BCUT2D eigenvalue weighted by Crippen LogP contribution is -2.51. The Morgan fingerprint density at radius 2 is 1.82 bits per heavy atom. The number of rotatable bonds is 6. The molecule has 0 aliphatic carbocycles. The predicted molar refractivity (Wildman–Crippen MR) is 121 cm³/mol. The van der Waals surface area contributed by atoms with Crippen molar-refractivity contribution >= 4 is 17.7 Å². The van der Waals surface area contributed by atoms with Crippen LogP contribution in [0.2, 0.25) is 0 Å². The summed E-state index contributed by atoms with van der Waals surface area (Å²) in [6.07, 6.45) is 0. The lowest BCUT2D eigenvalue weighted by molar-refractivity contribution is -0.136. The second-order valence-corrected chi connectivity index (χ2v) is 7.93. The second-order valence-electron chi connectivity index (χ2n) is 7.93. The first-order valence-corrected chi connectivity index (χ1v) is 10.7. The number of hydrogen-bond donors (Lipinski definition) is 2. The Kier molecular flexibility index (Phi) is 6.79. The Hall–Kier alpha value is -3.59. The lowest BCUT2D eigenvalue weighted by Gasteiger charge is -2.38. The standard InChI is InChI=1S/C24H27FN4O4/c1-32-19-5-3-4-18(14-19)29-12-10-28(11-13-29)15-20-21(23(30)33-2)22(27-24(31)26-20)16-6-8-17(25)9-7-16/h3-9,14,22H,10-13,15H2,1-2H3,(H2,26,27,31)/t22-/m1/s1. The van der Waals surface area contributed by atoms with E-state index in [0.29, 0.717) is 23.4 Å². The molecule has 0 bridgehead atoms. The Labute approximate surface area is 192 Å². The van der Waals surface area contributed by atoms with Crippen LogP contribution in [0.25, 0.3) is 0 Å². The highest BCUT2D eigenvalue weighted by Gasteiger charge is 2.34. The maximum absolute atomic E-state index is 13.4. The topological polar surface area (TPSA) is 83.1 Å². The van der Waals surface area contributed by atoms with Crippen molar-refractivity contribution in [2.75, 3.05) is 51.8 Å². The average Bonchev–Trinajstić information content (AvgIpc) is 2.84. The molecule has 0 aromatic heterocycles. The van der Waals surface area contributed by atoms with Crippen molar-refractivity contribution in [3.8, 4) is 5.75 Å². The van der Waals surface area contributed by atoms with Crippen LogP contribution in [0.4, 0.5) is 14.9 Å². The normalized spacial score (nSPS) is 19.1. The average molecular weight is 455 g/mol. The molecule has 33 heavy (non-hydrogen) atoms. The van der Waals surface area contributed by atoms with E-state index in [1.165, 1.54) is 19.2 Å². The van der Waals surface area contributed by atoms with Crippen LogP contribution in [0.3, 0.4) is 0 Å². The number of nitrogens with one attached hydrogen (secondary N) is 2. The molecule has 2 amide bonds. The van der Waals surface area contributed by atoms with Crippen LogP contribution in [0.15, 0.2) is 59.8 Å². The third kappa shape index (κ3) is 5.09. The van der Waals surface area contributed by atoms with Gasteiger partial charge in [-0.05, 0) is 29.8 Å². The molecule has 0 spiro atoms. The van der Waals surface area contributed by atoms with Gasteiger partial charge in [0.05, 0.1) is 25.8 Å². The number of anilines is 1. The summed E-state index contributed by atoms with van der Waals surface area (Å²) in [7, 11) is 2.95. The smallest absolute Gasteiger partial charge is 0.338 e. The molecular weight excluding hydrogens is 427 g/mol. The summed E-state index contributed by atoms with van der Waals surface area (Å²) in [4.78, 5) is 29.5. The summed E-state index contributed by atoms with van der Waals surface area (Å²) in [5.41, 5.74) is 2.51. The summed E-state index contributed by atoms with van der Waals surface area (Å²) < 4.78 is 23.8. The molecule has 8 nitrogen and oxygen atoms in total. The van der Waals surface area contributed by atoms with E-state index >= 15 is 0 Å². The molecular formula is C24H27FN4O4. The second kappa shape index (κ2) is 9.91. The van der Waals surface area contributed by atoms with Crippen LogP contribution >= 0.6 is 0 Å². The van der Waals surface area contributed by atoms with Gasteiger partial charge in [0.25, 0.3) is 0 Å². The summed E-state index contributed by atoms with van der Waals surface area (Å²) in [6.45, 7) is 3.48. The maximum Gasteiger partial charge on any atom is 0.338 e. The minimum Gasteiger partial charge on any atom is -0.497 e. The molecule has 1 atom stereocenters. The van der Waals surface area contributed by atoms with E-state index in [2.05, 4.69) is 26.5 Å².